The Hall–Kier alpha value is -2.94. The predicted octanol–water partition coefficient (Wildman–Crippen LogP) is 3.01. The second-order valence-electron chi connectivity index (χ2n) is 8.29. The van der Waals surface area contributed by atoms with E-state index in [1.54, 1.807) is 29.3 Å². The van der Waals surface area contributed by atoms with Crippen LogP contribution in [-0.2, 0) is 16.0 Å². The molecular weight excluding hydrogens is 423 g/mol. The van der Waals surface area contributed by atoms with E-state index in [1.165, 1.54) is 0 Å². The van der Waals surface area contributed by atoms with Crippen LogP contribution >= 0.6 is 0 Å². The van der Waals surface area contributed by atoms with Gasteiger partial charge in [-0.25, -0.2) is 13.2 Å². The maximum absolute atomic E-state index is 13.9. The van der Waals surface area contributed by atoms with E-state index in [9.17, 15) is 22.8 Å². The lowest BCUT2D eigenvalue weighted by Crippen LogP contribution is -2.47. The van der Waals surface area contributed by atoms with E-state index < -0.39 is 35.3 Å². The lowest BCUT2D eigenvalue weighted by Gasteiger charge is -2.39. The Morgan fingerprint density at radius 1 is 1.12 bits per heavy atom. The van der Waals surface area contributed by atoms with Crippen LogP contribution in [0.15, 0.2) is 36.5 Å². The molecule has 2 saturated heterocycles. The molecule has 0 unspecified atom stereocenters. The number of nitrogens with zero attached hydrogens (tertiary/aromatic N) is 2. The minimum atomic E-state index is -1.06. The highest BCUT2D eigenvalue weighted by Gasteiger charge is 2.43. The van der Waals surface area contributed by atoms with Crippen molar-refractivity contribution in [2.45, 2.75) is 43.8 Å². The number of rotatable bonds is 5. The number of carbonyl (C=O) groups excluding carboxylic acids is 2. The van der Waals surface area contributed by atoms with Crippen LogP contribution in [0.4, 0.5) is 13.2 Å². The monoisotopic (exact) mass is 447 g/mol. The number of pyridine rings is 1. The molecule has 3 heterocycles. The predicted molar refractivity (Wildman–Crippen MR) is 109 cm³/mol. The van der Waals surface area contributed by atoms with Crippen molar-refractivity contribution in [3.63, 3.8) is 0 Å². The van der Waals surface area contributed by atoms with E-state index in [0.29, 0.717) is 50.3 Å². The number of hydrogen-bond donors (Lipinski definition) is 1. The molecule has 2 fully saturated rings. The number of aromatic nitrogens is 1. The third kappa shape index (κ3) is 4.93. The zero-order valence-electron chi connectivity index (χ0n) is 17.5. The zero-order valence-corrected chi connectivity index (χ0v) is 17.5. The van der Waals surface area contributed by atoms with Crippen molar-refractivity contribution in [3.05, 3.63) is 65.2 Å². The first-order chi connectivity index (χ1) is 15.3. The van der Waals surface area contributed by atoms with Crippen molar-refractivity contribution >= 4 is 11.8 Å². The fourth-order valence-corrected chi connectivity index (χ4v) is 4.37. The number of benzene rings is 1. The average Bonchev–Trinajstić information content (AvgIpc) is 3.18. The largest absolute Gasteiger partial charge is 0.370 e. The van der Waals surface area contributed by atoms with Crippen LogP contribution in [0.3, 0.4) is 0 Å². The molecule has 1 atom stereocenters. The summed E-state index contributed by atoms with van der Waals surface area (Å²) in [5.41, 5.74) is -0.428. The van der Waals surface area contributed by atoms with E-state index in [1.807, 2.05) is 0 Å². The molecule has 0 saturated carbocycles. The van der Waals surface area contributed by atoms with Gasteiger partial charge in [0.05, 0.1) is 18.1 Å². The second kappa shape index (κ2) is 9.28. The van der Waals surface area contributed by atoms with Gasteiger partial charge in [0.25, 0.3) is 5.91 Å². The molecule has 0 aliphatic carbocycles. The summed E-state index contributed by atoms with van der Waals surface area (Å²) in [6, 6.07) is 6.29. The summed E-state index contributed by atoms with van der Waals surface area (Å²) in [6.07, 6.45) is 3.82. The normalized spacial score (nSPS) is 19.8. The van der Waals surface area contributed by atoms with Gasteiger partial charge >= 0.3 is 0 Å². The Morgan fingerprint density at radius 3 is 2.50 bits per heavy atom. The number of carbonyl (C=O) groups is 2. The highest BCUT2D eigenvalue weighted by molar-refractivity contribution is 5.92. The summed E-state index contributed by atoms with van der Waals surface area (Å²) in [5, 5.41) is 2.84. The quantitative estimate of drug-likeness (QED) is 0.765. The molecule has 2 aromatic rings. The van der Waals surface area contributed by atoms with Gasteiger partial charge in [0.2, 0.25) is 5.91 Å². The Morgan fingerprint density at radius 2 is 1.84 bits per heavy atom. The number of piperidine rings is 1. The summed E-state index contributed by atoms with van der Waals surface area (Å²) in [5.74, 6) is -3.78. The molecule has 6 nitrogen and oxygen atoms in total. The van der Waals surface area contributed by atoms with E-state index in [4.69, 9.17) is 4.74 Å². The van der Waals surface area contributed by atoms with Crippen molar-refractivity contribution in [1.29, 1.82) is 0 Å². The maximum atomic E-state index is 13.9. The van der Waals surface area contributed by atoms with Gasteiger partial charge in [-0.1, -0.05) is 6.07 Å². The van der Waals surface area contributed by atoms with Crippen LogP contribution in [0.2, 0.25) is 0 Å². The summed E-state index contributed by atoms with van der Waals surface area (Å²) in [4.78, 5) is 30.3. The Bertz CT molecular complexity index is 971. The number of hydrogen-bond acceptors (Lipinski definition) is 4. The van der Waals surface area contributed by atoms with Gasteiger partial charge in [0.1, 0.15) is 23.1 Å². The maximum Gasteiger partial charge on any atom is 0.269 e. The molecule has 0 radical (unpaired) electrons. The first-order valence-corrected chi connectivity index (χ1v) is 10.6. The fraction of sp³-hybridized carbons (Fsp3) is 0.435. The van der Waals surface area contributed by atoms with Crippen LogP contribution in [0.5, 0.6) is 0 Å². The minimum Gasteiger partial charge on any atom is -0.370 e. The lowest BCUT2D eigenvalue weighted by molar-refractivity contribution is -0.136. The topological polar surface area (TPSA) is 71.5 Å². The van der Waals surface area contributed by atoms with Gasteiger partial charge in [-0.15, -0.1) is 0 Å². The van der Waals surface area contributed by atoms with Gasteiger partial charge in [0.15, 0.2) is 0 Å². The lowest BCUT2D eigenvalue weighted by atomic mass is 9.88. The van der Waals surface area contributed by atoms with Crippen molar-refractivity contribution in [1.82, 2.24) is 15.2 Å². The number of ether oxygens (including phenoxy) is 1. The van der Waals surface area contributed by atoms with Crippen LogP contribution < -0.4 is 5.32 Å². The number of halogens is 3. The molecule has 32 heavy (non-hydrogen) atoms. The zero-order chi connectivity index (χ0) is 22.7. The van der Waals surface area contributed by atoms with Crippen molar-refractivity contribution in [2.24, 2.45) is 0 Å². The van der Waals surface area contributed by atoms with E-state index in [2.05, 4.69) is 10.3 Å². The summed E-state index contributed by atoms with van der Waals surface area (Å²) in [6.45, 7) is 1.20. The van der Waals surface area contributed by atoms with Gasteiger partial charge in [-0.05, 0) is 37.8 Å². The first kappa shape index (κ1) is 22.3. The van der Waals surface area contributed by atoms with Crippen LogP contribution in [0.1, 0.15) is 41.7 Å². The molecule has 1 aromatic carbocycles. The third-order valence-corrected chi connectivity index (χ3v) is 6.19. The molecule has 1 aromatic heterocycles. The summed E-state index contributed by atoms with van der Waals surface area (Å²) in [7, 11) is 0. The molecule has 2 amide bonds. The molecule has 4 rings (SSSR count). The highest BCUT2D eigenvalue weighted by Crippen LogP contribution is 2.39. The van der Waals surface area contributed by atoms with Gasteiger partial charge in [-0.3, -0.25) is 14.6 Å². The Labute approximate surface area is 183 Å². The average molecular weight is 447 g/mol. The van der Waals surface area contributed by atoms with E-state index >= 15 is 0 Å². The molecular formula is C23H24F3N3O3. The molecule has 0 bridgehead atoms. The van der Waals surface area contributed by atoms with Crippen LogP contribution in [0.25, 0.3) is 0 Å². The van der Waals surface area contributed by atoms with Gasteiger partial charge in [-0.2, -0.15) is 0 Å². The van der Waals surface area contributed by atoms with Crippen molar-refractivity contribution in [3.8, 4) is 0 Å². The van der Waals surface area contributed by atoms with Gasteiger partial charge in [0, 0.05) is 43.5 Å². The minimum absolute atomic E-state index is 0.118. The number of likely N-dealkylation sites (tertiary alicyclic amines) is 1. The van der Waals surface area contributed by atoms with E-state index in [0.717, 1.165) is 12.8 Å². The third-order valence-electron chi connectivity index (χ3n) is 6.19. The number of nitrogens with one attached hydrogen (secondary N) is 1. The fourth-order valence-electron chi connectivity index (χ4n) is 4.37. The molecule has 170 valence electrons. The van der Waals surface area contributed by atoms with Crippen molar-refractivity contribution < 1.29 is 27.5 Å². The number of amides is 2. The smallest absolute Gasteiger partial charge is 0.269 e. The summed E-state index contributed by atoms with van der Waals surface area (Å²) < 4.78 is 47.0. The van der Waals surface area contributed by atoms with Crippen LogP contribution in [-0.4, -0.2) is 53.0 Å². The van der Waals surface area contributed by atoms with Crippen LogP contribution in [0, 0.1) is 17.5 Å². The van der Waals surface area contributed by atoms with E-state index in [-0.39, 0.29) is 17.6 Å². The second-order valence-corrected chi connectivity index (χ2v) is 8.29. The molecule has 2 aliphatic rings. The Kier molecular flexibility index (Phi) is 6.45. The standard InChI is InChI=1S/C23H24F3N3O3/c24-15-11-18(25)17(19(26)12-15)13-21(30)29-9-6-23(7-10-29)5-4-16(32-23)14-28-22(31)20-3-1-2-8-27-20/h1-3,8,11-12,16H,4-7,9-10,13-14H2,(H,28,31)/t16-/m1/s1. The first-order valence-electron chi connectivity index (χ1n) is 10.6. The Balaban J connectivity index is 1.26. The van der Waals surface area contributed by atoms with Gasteiger partial charge < -0.3 is 15.0 Å². The SMILES string of the molecule is O=C(NC[C@H]1CCC2(CCN(C(=O)Cc3c(F)cc(F)cc3F)CC2)O1)c1ccccn1. The molecule has 1 N–H and O–H groups in total. The summed E-state index contributed by atoms with van der Waals surface area (Å²) >= 11 is 0. The van der Waals surface area contributed by atoms with Crippen molar-refractivity contribution in [2.75, 3.05) is 19.6 Å². The molecule has 2 aliphatic heterocycles. The molecule has 9 heteroatoms. The molecule has 1 spiro atoms. The highest BCUT2D eigenvalue weighted by atomic mass is 19.1.